The second kappa shape index (κ2) is 4.02. The minimum absolute atomic E-state index is 0.370. The zero-order valence-electron chi connectivity index (χ0n) is 11.3. The first-order chi connectivity index (χ1) is 8.66. The number of hydrogen-bond acceptors (Lipinski definition) is 2. The molecule has 0 unspecified atom stereocenters. The van der Waals surface area contributed by atoms with E-state index in [2.05, 4.69) is 48.0 Å². The van der Waals surface area contributed by atoms with Gasteiger partial charge in [-0.05, 0) is 45.1 Å². The van der Waals surface area contributed by atoms with Gasteiger partial charge in [-0.25, -0.2) is 0 Å². The van der Waals surface area contributed by atoms with Crippen molar-refractivity contribution in [3.05, 3.63) is 30.5 Å². The Labute approximate surface area is 108 Å². The normalized spacial score (nSPS) is 17.3. The lowest BCUT2D eigenvalue weighted by Crippen LogP contribution is -2.34. The van der Waals surface area contributed by atoms with Gasteiger partial charge in [-0.15, -0.1) is 0 Å². The van der Waals surface area contributed by atoms with E-state index in [-0.39, 0.29) is 0 Å². The number of ether oxygens (including phenoxy) is 1. The van der Waals surface area contributed by atoms with Crippen LogP contribution in [-0.2, 0) is 6.54 Å². The fraction of sp³-hybridized carbons (Fsp3) is 0.467. The smallest absolute Gasteiger partial charge is 0.128 e. The van der Waals surface area contributed by atoms with Crippen molar-refractivity contribution in [1.82, 2.24) is 9.47 Å². The fourth-order valence-electron chi connectivity index (χ4n) is 2.72. The molecule has 18 heavy (non-hydrogen) atoms. The predicted molar refractivity (Wildman–Crippen MR) is 74.1 cm³/mol. The average Bonchev–Trinajstić information content (AvgIpc) is 3.05. The molecule has 3 rings (SSSR count). The standard InChI is InChI=1S/C15H20N2O/c1-16(2)15(8-9-15)11-17-10-7-12-13(17)5-4-6-14(12)18-3/h4-7,10H,8-9,11H2,1-3H3. The molecule has 0 radical (unpaired) electrons. The first-order valence-electron chi connectivity index (χ1n) is 6.46. The summed E-state index contributed by atoms with van der Waals surface area (Å²) in [6, 6.07) is 8.40. The van der Waals surface area contributed by atoms with Gasteiger partial charge in [-0.3, -0.25) is 0 Å². The van der Waals surface area contributed by atoms with Gasteiger partial charge in [0.2, 0.25) is 0 Å². The largest absolute Gasteiger partial charge is 0.496 e. The highest BCUT2D eigenvalue weighted by Gasteiger charge is 2.45. The molecule has 1 fully saturated rings. The molecule has 0 spiro atoms. The molecule has 0 saturated heterocycles. The van der Waals surface area contributed by atoms with Crippen LogP contribution in [0.15, 0.2) is 30.5 Å². The topological polar surface area (TPSA) is 17.4 Å². The average molecular weight is 244 g/mol. The summed E-state index contributed by atoms with van der Waals surface area (Å²) >= 11 is 0. The van der Waals surface area contributed by atoms with Crippen molar-refractivity contribution in [3.8, 4) is 5.75 Å². The lowest BCUT2D eigenvalue weighted by atomic mass is 10.2. The van der Waals surface area contributed by atoms with E-state index in [4.69, 9.17) is 4.74 Å². The molecule has 96 valence electrons. The van der Waals surface area contributed by atoms with Crippen LogP contribution in [0.4, 0.5) is 0 Å². The van der Waals surface area contributed by atoms with E-state index < -0.39 is 0 Å². The Kier molecular flexibility index (Phi) is 2.59. The summed E-state index contributed by atoms with van der Waals surface area (Å²) in [5.41, 5.74) is 1.64. The van der Waals surface area contributed by atoms with Crippen molar-refractivity contribution in [1.29, 1.82) is 0 Å². The number of fused-ring (bicyclic) bond motifs is 1. The van der Waals surface area contributed by atoms with Gasteiger partial charge in [-0.1, -0.05) is 6.07 Å². The zero-order chi connectivity index (χ0) is 12.8. The molecule has 0 aliphatic heterocycles. The molecule has 0 bridgehead atoms. The maximum atomic E-state index is 5.41. The Morgan fingerprint density at radius 1 is 1.28 bits per heavy atom. The van der Waals surface area contributed by atoms with Crippen molar-refractivity contribution < 1.29 is 4.74 Å². The molecule has 2 aromatic rings. The maximum absolute atomic E-state index is 5.41. The van der Waals surface area contributed by atoms with Crippen LogP contribution < -0.4 is 4.74 Å². The van der Waals surface area contributed by atoms with Crippen LogP contribution in [0.1, 0.15) is 12.8 Å². The highest BCUT2D eigenvalue weighted by atomic mass is 16.5. The lowest BCUT2D eigenvalue weighted by Gasteiger charge is -2.24. The SMILES string of the molecule is COc1cccc2c1ccn2CC1(N(C)C)CC1. The van der Waals surface area contributed by atoms with Crippen LogP contribution in [0, 0.1) is 0 Å². The third-order valence-electron chi connectivity index (χ3n) is 4.23. The van der Waals surface area contributed by atoms with E-state index >= 15 is 0 Å². The Morgan fingerprint density at radius 2 is 2.06 bits per heavy atom. The third kappa shape index (κ3) is 1.70. The Morgan fingerprint density at radius 3 is 2.67 bits per heavy atom. The van der Waals surface area contributed by atoms with Crippen molar-refractivity contribution in [2.45, 2.75) is 24.9 Å². The van der Waals surface area contributed by atoms with E-state index in [1.807, 2.05) is 6.07 Å². The first kappa shape index (κ1) is 11.6. The highest BCUT2D eigenvalue weighted by molar-refractivity contribution is 5.86. The van der Waals surface area contributed by atoms with Crippen LogP contribution in [-0.4, -0.2) is 36.2 Å². The predicted octanol–water partition coefficient (Wildman–Crippen LogP) is 2.74. The fourth-order valence-corrected chi connectivity index (χ4v) is 2.72. The van der Waals surface area contributed by atoms with Gasteiger partial charge >= 0.3 is 0 Å². The molecule has 3 heteroatoms. The zero-order valence-corrected chi connectivity index (χ0v) is 11.3. The summed E-state index contributed by atoms with van der Waals surface area (Å²) in [7, 11) is 6.09. The van der Waals surface area contributed by atoms with Gasteiger partial charge in [-0.2, -0.15) is 0 Å². The minimum atomic E-state index is 0.370. The molecule has 0 atom stereocenters. The molecule has 1 aromatic heterocycles. The van der Waals surface area contributed by atoms with Gasteiger partial charge in [0.25, 0.3) is 0 Å². The minimum Gasteiger partial charge on any atom is -0.496 e. The molecule has 1 aliphatic carbocycles. The van der Waals surface area contributed by atoms with E-state index in [9.17, 15) is 0 Å². The van der Waals surface area contributed by atoms with E-state index in [0.717, 1.165) is 12.3 Å². The number of likely N-dealkylation sites (N-methyl/N-ethyl adjacent to an activating group) is 1. The second-order valence-electron chi connectivity index (χ2n) is 5.46. The van der Waals surface area contributed by atoms with Crippen molar-refractivity contribution >= 4 is 10.9 Å². The lowest BCUT2D eigenvalue weighted by molar-refractivity contribution is 0.244. The monoisotopic (exact) mass is 244 g/mol. The van der Waals surface area contributed by atoms with Crippen molar-refractivity contribution in [3.63, 3.8) is 0 Å². The number of benzene rings is 1. The quantitative estimate of drug-likeness (QED) is 0.823. The highest BCUT2D eigenvalue weighted by Crippen LogP contribution is 2.42. The van der Waals surface area contributed by atoms with Gasteiger partial charge in [0.05, 0.1) is 12.6 Å². The number of rotatable bonds is 4. The summed E-state index contributed by atoms with van der Waals surface area (Å²) in [5, 5.41) is 1.20. The van der Waals surface area contributed by atoms with Gasteiger partial charge in [0.1, 0.15) is 5.75 Å². The third-order valence-corrected chi connectivity index (χ3v) is 4.23. The van der Waals surface area contributed by atoms with Crippen LogP contribution in [0.2, 0.25) is 0 Å². The Hall–Kier alpha value is -1.48. The molecule has 0 amide bonds. The molecule has 1 heterocycles. The molecular formula is C15H20N2O. The summed E-state index contributed by atoms with van der Waals surface area (Å²) in [6.45, 7) is 1.07. The van der Waals surface area contributed by atoms with Crippen LogP contribution in [0.25, 0.3) is 10.9 Å². The van der Waals surface area contributed by atoms with Gasteiger partial charge in [0.15, 0.2) is 0 Å². The maximum Gasteiger partial charge on any atom is 0.128 e. The van der Waals surface area contributed by atoms with Crippen LogP contribution >= 0.6 is 0 Å². The Balaban J connectivity index is 1.99. The molecule has 0 N–H and O–H groups in total. The second-order valence-corrected chi connectivity index (χ2v) is 5.46. The number of aromatic nitrogens is 1. The van der Waals surface area contributed by atoms with Crippen LogP contribution in [0.3, 0.4) is 0 Å². The Bertz CT molecular complexity index is 567. The first-order valence-corrected chi connectivity index (χ1v) is 6.46. The van der Waals surface area contributed by atoms with E-state index in [0.29, 0.717) is 5.54 Å². The molecular weight excluding hydrogens is 224 g/mol. The number of methoxy groups -OCH3 is 1. The van der Waals surface area contributed by atoms with E-state index in [1.165, 1.54) is 23.7 Å². The summed E-state index contributed by atoms with van der Waals surface area (Å²) in [4.78, 5) is 2.36. The van der Waals surface area contributed by atoms with E-state index in [1.54, 1.807) is 7.11 Å². The van der Waals surface area contributed by atoms with Crippen LogP contribution in [0.5, 0.6) is 5.75 Å². The molecule has 1 saturated carbocycles. The number of hydrogen-bond donors (Lipinski definition) is 0. The molecule has 3 nitrogen and oxygen atoms in total. The summed E-state index contributed by atoms with van der Waals surface area (Å²) < 4.78 is 7.76. The summed E-state index contributed by atoms with van der Waals surface area (Å²) in [5.74, 6) is 0.959. The van der Waals surface area contributed by atoms with Gasteiger partial charge in [0, 0.05) is 23.7 Å². The van der Waals surface area contributed by atoms with Crippen molar-refractivity contribution in [2.75, 3.05) is 21.2 Å². The van der Waals surface area contributed by atoms with Gasteiger partial charge < -0.3 is 14.2 Å². The number of nitrogens with zero attached hydrogens (tertiary/aromatic N) is 2. The molecule has 1 aromatic carbocycles. The molecule has 1 aliphatic rings. The summed E-state index contributed by atoms with van der Waals surface area (Å²) in [6.07, 6.45) is 4.77. The van der Waals surface area contributed by atoms with Crippen molar-refractivity contribution in [2.24, 2.45) is 0 Å².